The maximum atomic E-state index is 12.3. The largest absolute Gasteiger partial charge is 0.508 e. The number of nitro benzene ring substituents is 1. The number of amides is 1. The van der Waals surface area contributed by atoms with Crippen LogP contribution in [0.3, 0.4) is 0 Å². The Balaban J connectivity index is 1.76. The van der Waals surface area contributed by atoms with Crippen LogP contribution in [0.1, 0.15) is 21.5 Å². The van der Waals surface area contributed by atoms with Crippen molar-refractivity contribution in [1.29, 1.82) is 0 Å². The van der Waals surface area contributed by atoms with Gasteiger partial charge in [-0.1, -0.05) is 30.3 Å². The van der Waals surface area contributed by atoms with Crippen molar-refractivity contribution in [2.24, 2.45) is 0 Å². The van der Waals surface area contributed by atoms with Crippen molar-refractivity contribution in [3.63, 3.8) is 0 Å². The minimum Gasteiger partial charge on any atom is -0.508 e. The number of carbonyl (C=O) groups excluding carboxylic acids is 1. The average molecular weight is 348 g/mol. The number of non-ortho nitro benzene ring substituents is 1. The molecule has 0 radical (unpaired) electrons. The highest BCUT2D eigenvalue weighted by Gasteiger charge is 2.11. The molecule has 0 fully saturated rings. The SMILES string of the molecule is O=C(Nc1cc(O)cc(Cc2ccccc2)c1)c1ccc([N+](=O)[O-])cc1. The van der Waals surface area contributed by atoms with Crippen LogP contribution in [0.25, 0.3) is 0 Å². The number of nitrogens with one attached hydrogen (secondary N) is 1. The zero-order chi connectivity index (χ0) is 18.5. The molecule has 0 heterocycles. The predicted molar refractivity (Wildman–Crippen MR) is 98.4 cm³/mol. The van der Waals surface area contributed by atoms with Gasteiger partial charge in [-0.15, -0.1) is 0 Å². The standard InChI is InChI=1S/C20H16N2O4/c23-19-12-15(10-14-4-2-1-3-5-14)11-17(13-19)21-20(24)16-6-8-18(9-7-16)22(25)26/h1-9,11-13,23H,10H2,(H,21,24). The van der Waals surface area contributed by atoms with Crippen LogP contribution in [0.4, 0.5) is 11.4 Å². The fourth-order valence-electron chi connectivity index (χ4n) is 2.62. The summed E-state index contributed by atoms with van der Waals surface area (Å²) in [5.41, 5.74) is 2.62. The minimum absolute atomic E-state index is 0.0532. The number of hydrogen-bond acceptors (Lipinski definition) is 4. The van der Waals surface area contributed by atoms with E-state index in [1.165, 1.54) is 30.3 Å². The van der Waals surface area contributed by atoms with E-state index in [9.17, 15) is 20.0 Å². The van der Waals surface area contributed by atoms with Crippen molar-refractivity contribution in [3.05, 3.63) is 99.6 Å². The smallest absolute Gasteiger partial charge is 0.269 e. The van der Waals surface area contributed by atoms with Gasteiger partial charge >= 0.3 is 0 Å². The number of nitro groups is 1. The van der Waals surface area contributed by atoms with Gasteiger partial charge in [0.05, 0.1) is 4.92 Å². The van der Waals surface area contributed by atoms with E-state index in [1.54, 1.807) is 12.1 Å². The maximum absolute atomic E-state index is 12.3. The van der Waals surface area contributed by atoms with E-state index in [0.717, 1.165) is 11.1 Å². The first-order valence-electron chi connectivity index (χ1n) is 7.94. The van der Waals surface area contributed by atoms with Crippen molar-refractivity contribution >= 4 is 17.3 Å². The van der Waals surface area contributed by atoms with Gasteiger partial charge in [-0.05, 0) is 41.8 Å². The van der Waals surface area contributed by atoms with Gasteiger partial charge in [0.2, 0.25) is 0 Å². The molecule has 26 heavy (non-hydrogen) atoms. The number of phenolic OH excluding ortho intramolecular Hbond substituents is 1. The van der Waals surface area contributed by atoms with Crippen LogP contribution in [0.5, 0.6) is 5.75 Å². The van der Waals surface area contributed by atoms with Gasteiger partial charge in [0.1, 0.15) is 5.75 Å². The van der Waals surface area contributed by atoms with Gasteiger partial charge in [-0.3, -0.25) is 14.9 Å². The van der Waals surface area contributed by atoms with Crippen molar-refractivity contribution in [1.82, 2.24) is 0 Å². The molecule has 3 aromatic carbocycles. The highest BCUT2D eigenvalue weighted by molar-refractivity contribution is 6.04. The quantitative estimate of drug-likeness (QED) is 0.535. The Labute approximate surface area is 149 Å². The second-order valence-electron chi connectivity index (χ2n) is 5.81. The lowest BCUT2D eigenvalue weighted by molar-refractivity contribution is -0.384. The van der Waals surface area contributed by atoms with Crippen LogP contribution in [0.2, 0.25) is 0 Å². The Morgan fingerprint density at radius 2 is 1.65 bits per heavy atom. The molecule has 0 spiro atoms. The number of rotatable bonds is 5. The molecular weight excluding hydrogens is 332 g/mol. The molecular formula is C20H16N2O4. The van der Waals surface area contributed by atoms with Gasteiger partial charge in [0.25, 0.3) is 11.6 Å². The Kier molecular flexibility index (Phi) is 4.94. The van der Waals surface area contributed by atoms with E-state index in [4.69, 9.17) is 0 Å². The highest BCUT2D eigenvalue weighted by Crippen LogP contribution is 2.23. The number of nitrogens with zero attached hydrogens (tertiary/aromatic N) is 1. The molecule has 6 heteroatoms. The van der Waals surface area contributed by atoms with Crippen LogP contribution in [0, 0.1) is 10.1 Å². The van der Waals surface area contributed by atoms with E-state index < -0.39 is 10.8 Å². The molecule has 0 aliphatic heterocycles. The molecule has 0 saturated heterocycles. The van der Waals surface area contributed by atoms with Crippen LogP contribution < -0.4 is 5.32 Å². The fraction of sp³-hybridized carbons (Fsp3) is 0.0500. The third kappa shape index (κ3) is 4.24. The number of anilines is 1. The van der Waals surface area contributed by atoms with E-state index in [-0.39, 0.29) is 11.4 Å². The lowest BCUT2D eigenvalue weighted by atomic mass is 10.0. The van der Waals surface area contributed by atoms with Crippen LogP contribution >= 0.6 is 0 Å². The average Bonchev–Trinajstić information content (AvgIpc) is 2.62. The number of hydrogen-bond donors (Lipinski definition) is 2. The summed E-state index contributed by atoms with van der Waals surface area (Å²) in [7, 11) is 0. The number of carbonyl (C=O) groups is 1. The van der Waals surface area contributed by atoms with Crippen LogP contribution in [0.15, 0.2) is 72.8 Å². The first kappa shape index (κ1) is 17.2. The normalized spacial score (nSPS) is 10.3. The number of benzene rings is 3. The second-order valence-corrected chi connectivity index (χ2v) is 5.81. The summed E-state index contributed by atoms with van der Waals surface area (Å²) in [5.74, 6) is -0.353. The predicted octanol–water partition coefficient (Wildman–Crippen LogP) is 4.14. The Bertz CT molecular complexity index is 938. The number of phenols is 1. The van der Waals surface area contributed by atoms with Gasteiger partial charge in [-0.2, -0.15) is 0 Å². The van der Waals surface area contributed by atoms with Crippen LogP contribution in [-0.2, 0) is 6.42 Å². The lowest BCUT2D eigenvalue weighted by Gasteiger charge is -2.09. The van der Waals surface area contributed by atoms with Gasteiger partial charge in [-0.25, -0.2) is 0 Å². The molecule has 3 aromatic rings. The molecule has 2 N–H and O–H groups in total. The topological polar surface area (TPSA) is 92.5 Å². The number of aromatic hydroxyl groups is 1. The highest BCUT2D eigenvalue weighted by atomic mass is 16.6. The molecule has 0 bridgehead atoms. The van der Waals surface area contributed by atoms with E-state index in [0.29, 0.717) is 17.7 Å². The Hall–Kier alpha value is -3.67. The monoisotopic (exact) mass is 348 g/mol. The minimum atomic E-state index is -0.521. The summed E-state index contributed by atoms with van der Waals surface area (Å²) in [6, 6.07) is 20.0. The zero-order valence-electron chi connectivity index (χ0n) is 13.8. The molecule has 0 aromatic heterocycles. The van der Waals surface area contributed by atoms with Gasteiger partial charge in [0, 0.05) is 29.4 Å². The molecule has 0 aliphatic rings. The van der Waals surface area contributed by atoms with Gasteiger partial charge < -0.3 is 10.4 Å². The molecule has 1 amide bonds. The van der Waals surface area contributed by atoms with Crippen molar-refractivity contribution in [2.45, 2.75) is 6.42 Å². The Morgan fingerprint density at radius 3 is 2.31 bits per heavy atom. The summed E-state index contributed by atoms with van der Waals surface area (Å²) in [5, 5.41) is 23.3. The maximum Gasteiger partial charge on any atom is 0.269 e. The summed E-state index contributed by atoms with van der Waals surface area (Å²) in [6.45, 7) is 0. The molecule has 0 unspecified atom stereocenters. The second kappa shape index (κ2) is 7.48. The third-order valence-electron chi connectivity index (χ3n) is 3.83. The lowest BCUT2D eigenvalue weighted by Crippen LogP contribution is -2.12. The summed E-state index contributed by atoms with van der Waals surface area (Å²) in [4.78, 5) is 22.5. The first-order chi connectivity index (χ1) is 12.5. The third-order valence-corrected chi connectivity index (χ3v) is 3.83. The molecule has 6 nitrogen and oxygen atoms in total. The summed E-state index contributed by atoms with van der Waals surface area (Å²) in [6.07, 6.45) is 0.621. The van der Waals surface area contributed by atoms with E-state index in [1.807, 2.05) is 30.3 Å². The molecule has 0 aliphatic carbocycles. The van der Waals surface area contributed by atoms with Crippen molar-refractivity contribution in [2.75, 3.05) is 5.32 Å². The van der Waals surface area contributed by atoms with Crippen molar-refractivity contribution < 1.29 is 14.8 Å². The first-order valence-corrected chi connectivity index (χ1v) is 7.94. The van der Waals surface area contributed by atoms with E-state index in [2.05, 4.69) is 5.32 Å². The molecule has 0 atom stereocenters. The fourth-order valence-corrected chi connectivity index (χ4v) is 2.62. The van der Waals surface area contributed by atoms with E-state index >= 15 is 0 Å². The van der Waals surface area contributed by atoms with Crippen LogP contribution in [-0.4, -0.2) is 15.9 Å². The molecule has 3 rings (SSSR count). The summed E-state index contributed by atoms with van der Waals surface area (Å²) < 4.78 is 0. The zero-order valence-corrected chi connectivity index (χ0v) is 13.8. The van der Waals surface area contributed by atoms with Gasteiger partial charge in [0.15, 0.2) is 0 Å². The summed E-state index contributed by atoms with van der Waals surface area (Å²) >= 11 is 0. The van der Waals surface area contributed by atoms with Crippen molar-refractivity contribution in [3.8, 4) is 5.75 Å². The molecule has 130 valence electrons. The Morgan fingerprint density at radius 1 is 0.962 bits per heavy atom. The molecule has 0 saturated carbocycles.